The highest BCUT2D eigenvalue weighted by atomic mass is 16.4. The maximum absolute atomic E-state index is 12.1. The summed E-state index contributed by atoms with van der Waals surface area (Å²) in [6, 6.07) is 0. The number of carboxylic acid groups (broad SMARTS) is 1. The molecule has 0 saturated heterocycles. The van der Waals surface area contributed by atoms with E-state index in [1.165, 1.54) is 32.1 Å². The molecule has 6 unspecified atom stereocenters. The fraction of sp³-hybridized carbons (Fsp3) is 0.850. The second-order valence-electron chi connectivity index (χ2n) is 9.24. The summed E-state index contributed by atoms with van der Waals surface area (Å²) < 4.78 is 0. The molecule has 0 heterocycles. The van der Waals surface area contributed by atoms with Crippen molar-refractivity contribution in [3.05, 3.63) is 11.6 Å². The fourth-order valence-corrected chi connectivity index (χ4v) is 7.43. The highest BCUT2D eigenvalue weighted by Crippen LogP contribution is 2.73. The minimum Gasteiger partial charge on any atom is -0.481 e. The molecule has 6 atom stereocenters. The largest absolute Gasteiger partial charge is 0.481 e. The van der Waals surface area contributed by atoms with Crippen LogP contribution in [-0.2, 0) is 4.79 Å². The molecule has 0 amide bonds. The summed E-state index contributed by atoms with van der Waals surface area (Å²) in [4.78, 5) is 12.1. The van der Waals surface area contributed by atoms with Crippen molar-refractivity contribution in [3.63, 3.8) is 0 Å². The Morgan fingerprint density at radius 3 is 2.68 bits per heavy atom. The van der Waals surface area contributed by atoms with Gasteiger partial charge in [0.05, 0.1) is 5.41 Å². The van der Waals surface area contributed by atoms with Crippen LogP contribution in [0.5, 0.6) is 0 Å². The SMILES string of the molecule is CC1=CC2CCC3C(C)(C(=O)O)CCCC3(C)C23CCC1C3. The molecular weight excluding hydrogens is 272 g/mol. The van der Waals surface area contributed by atoms with Gasteiger partial charge in [0.1, 0.15) is 0 Å². The van der Waals surface area contributed by atoms with E-state index in [1.54, 1.807) is 5.57 Å². The standard InChI is InChI=1S/C20H30O2/c1-13-11-15-5-6-16-18(2,17(21)22)8-4-9-19(16,3)20(15)10-7-14(13)12-20/h11,14-16H,4-10,12H2,1-3H3,(H,21,22). The minimum absolute atomic E-state index is 0.229. The number of carbonyl (C=O) groups is 1. The Bertz CT molecular complexity index is 550. The Morgan fingerprint density at radius 1 is 1.18 bits per heavy atom. The fourth-order valence-electron chi connectivity index (χ4n) is 7.43. The van der Waals surface area contributed by atoms with E-state index < -0.39 is 11.4 Å². The minimum atomic E-state index is -0.546. The molecule has 2 heteroatoms. The molecule has 4 aliphatic rings. The zero-order valence-corrected chi connectivity index (χ0v) is 14.3. The third-order valence-corrected chi connectivity index (χ3v) is 8.69. The van der Waals surface area contributed by atoms with Gasteiger partial charge in [-0.2, -0.15) is 0 Å². The second kappa shape index (κ2) is 4.39. The average molecular weight is 302 g/mol. The van der Waals surface area contributed by atoms with Gasteiger partial charge in [-0.25, -0.2) is 0 Å². The number of allylic oxidation sites excluding steroid dienone is 2. The number of aliphatic carboxylic acids is 1. The predicted molar refractivity (Wildman–Crippen MR) is 87.4 cm³/mol. The van der Waals surface area contributed by atoms with E-state index in [9.17, 15) is 9.90 Å². The van der Waals surface area contributed by atoms with Crippen LogP contribution >= 0.6 is 0 Å². The highest BCUT2D eigenvalue weighted by molar-refractivity contribution is 5.75. The Morgan fingerprint density at radius 2 is 1.95 bits per heavy atom. The van der Waals surface area contributed by atoms with Crippen molar-refractivity contribution in [2.24, 2.45) is 34.0 Å². The van der Waals surface area contributed by atoms with E-state index in [0.717, 1.165) is 25.2 Å². The van der Waals surface area contributed by atoms with Crippen LogP contribution in [0.15, 0.2) is 11.6 Å². The van der Waals surface area contributed by atoms with Crippen LogP contribution in [0.25, 0.3) is 0 Å². The molecule has 3 saturated carbocycles. The normalized spacial score (nSPS) is 53.4. The summed E-state index contributed by atoms with van der Waals surface area (Å²) in [5, 5.41) is 9.94. The van der Waals surface area contributed by atoms with E-state index in [-0.39, 0.29) is 5.41 Å². The first-order valence-electron chi connectivity index (χ1n) is 9.25. The number of carboxylic acids is 1. The third kappa shape index (κ3) is 1.55. The van der Waals surface area contributed by atoms with Crippen molar-refractivity contribution < 1.29 is 9.90 Å². The lowest BCUT2D eigenvalue weighted by Gasteiger charge is -2.65. The summed E-state index contributed by atoms with van der Waals surface area (Å²) in [5.74, 6) is 1.32. The summed E-state index contributed by atoms with van der Waals surface area (Å²) in [6.45, 7) is 6.85. The smallest absolute Gasteiger partial charge is 0.309 e. The van der Waals surface area contributed by atoms with Crippen LogP contribution in [0.1, 0.15) is 72.1 Å². The van der Waals surface area contributed by atoms with Gasteiger partial charge in [0, 0.05) is 0 Å². The van der Waals surface area contributed by atoms with Gasteiger partial charge in [0.2, 0.25) is 0 Å². The van der Waals surface area contributed by atoms with E-state index in [1.807, 2.05) is 6.92 Å². The molecule has 2 nitrogen and oxygen atoms in total. The van der Waals surface area contributed by atoms with Gasteiger partial charge in [-0.1, -0.05) is 25.0 Å². The van der Waals surface area contributed by atoms with Gasteiger partial charge >= 0.3 is 5.97 Å². The van der Waals surface area contributed by atoms with Crippen LogP contribution in [0.2, 0.25) is 0 Å². The molecule has 4 aliphatic carbocycles. The van der Waals surface area contributed by atoms with E-state index in [2.05, 4.69) is 19.9 Å². The summed E-state index contributed by atoms with van der Waals surface area (Å²) in [5.41, 5.74) is 1.75. The van der Waals surface area contributed by atoms with E-state index >= 15 is 0 Å². The highest BCUT2D eigenvalue weighted by Gasteiger charge is 2.66. The van der Waals surface area contributed by atoms with E-state index in [0.29, 0.717) is 17.3 Å². The number of hydrogen-bond donors (Lipinski definition) is 1. The Kier molecular flexibility index (Phi) is 2.95. The van der Waals surface area contributed by atoms with Crippen molar-refractivity contribution in [2.75, 3.05) is 0 Å². The molecule has 22 heavy (non-hydrogen) atoms. The molecule has 0 aromatic rings. The molecule has 0 aromatic heterocycles. The van der Waals surface area contributed by atoms with E-state index in [4.69, 9.17) is 0 Å². The van der Waals surface area contributed by atoms with Crippen molar-refractivity contribution in [1.82, 2.24) is 0 Å². The van der Waals surface area contributed by atoms with Crippen LogP contribution < -0.4 is 0 Å². The molecule has 122 valence electrons. The number of fused-ring (bicyclic) bond motifs is 2. The Hall–Kier alpha value is -0.790. The van der Waals surface area contributed by atoms with Crippen molar-refractivity contribution in [1.29, 1.82) is 0 Å². The molecule has 0 aromatic carbocycles. The number of rotatable bonds is 1. The van der Waals surface area contributed by atoms with Gasteiger partial charge in [-0.3, -0.25) is 4.79 Å². The lowest BCUT2D eigenvalue weighted by molar-refractivity contribution is -0.184. The van der Waals surface area contributed by atoms with Gasteiger partial charge in [-0.05, 0) is 87.4 Å². The molecule has 1 N–H and O–H groups in total. The van der Waals surface area contributed by atoms with Crippen molar-refractivity contribution in [2.45, 2.75) is 72.1 Å². The second-order valence-corrected chi connectivity index (χ2v) is 9.24. The first-order chi connectivity index (χ1) is 10.3. The zero-order valence-electron chi connectivity index (χ0n) is 14.3. The quantitative estimate of drug-likeness (QED) is 0.689. The summed E-state index contributed by atoms with van der Waals surface area (Å²) in [6.07, 6.45) is 12.1. The van der Waals surface area contributed by atoms with Crippen molar-refractivity contribution >= 4 is 5.97 Å². The van der Waals surface area contributed by atoms with Crippen LogP contribution in [-0.4, -0.2) is 11.1 Å². The average Bonchev–Trinajstić information content (AvgIpc) is 2.85. The van der Waals surface area contributed by atoms with Crippen LogP contribution in [0.4, 0.5) is 0 Å². The van der Waals surface area contributed by atoms with Crippen LogP contribution in [0, 0.1) is 34.0 Å². The van der Waals surface area contributed by atoms with Gasteiger partial charge in [-0.15, -0.1) is 0 Å². The first-order valence-corrected chi connectivity index (χ1v) is 9.25. The van der Waals surface area contributed by atoms with Gasteiger partial charge in [0.25, 0.3) is 0 Å². The molecule has 0 aliphatic heterocycles. The number of hydrogen-bond acceptors (Lipinski definition) is 1. The first kappa shape index (κ1) is 14.8. The van der Waals surface area contributed by atoms with Crippen LogP contribution in [0.3, 0.4) is 0 Å². The van der Waals surface area contributed by atoms with Gasteiger partial charge < -0.3 is 5.11 Å². The molecule has 2 bridgehead atoms. The molecular formula is C20H30O2. The Labute approximate surface area is 134 Å². The van der Waals surface area contributed by atoms with Gasteiger partial charge in [0.15, 0.2) is 0 Å². The third-order valence-electron chi connectivity index (χ3n) is 8.69. The molecule has 0 radical (unpaired) electrons. The summed E-state index contributed by atoms with van der Waals surface area (Å²) >= 11 is 0. The Balaban J connectivity index is 1.82. The topological polar surface area (TPSA) is 37.3 Å². The molecule has 4 rings (SSSR count). The lowest BCUT2D eigenvalue weighted by atomic mass is 9.39. The lowest BCUT2D eigenvalue weighted by Crippen LogP contribution is -2.60. The maximum atomic E-state index is 12.1. The molecule has 1 spiro atoms. The summed E-state index contributed by atoms with van der Waals surface area (Å²) in [7, 11) is 0. The predicted octanol–water partition coefficient (Wildman–Crippen LogP) is 5.04. The van der Waals surface area contributed by atoms with Crippen molar-refractivity contribution in [3.8, 4) is 0 Å². The maximum Gasteiger partial charge on any atom is 0.309 e. The zero-order chi connectivity index (χ0) is 15.8. The monoisotopic (exact) mass is 302 g/mol. The molecule has 3 fully saturated rings.